The highest BCUT2D eigenvalue weighted by atomic mass is 16.5. The maximum Gasteiger partial charge on any atom is 0.0678 e. The van der Waals surface area contributed by atoms with Crippen LogP contribution in [0.1, 0.15) is 12.8 Å². The molecule has 4 heteroatoms. The van der Waals surface area contributed by atoms with E-state index in [1.54, 1.807) is 7.11 Å². The van der Waals surface area contributed by atoms with E-state index in [1.807, 2.05) is 0 Å². The third kappa shape index (κ3) is 2.91. The Morgan fingerprint density at radius 1 is 1.25 bits per heavy atom. The molecule has 1 saturated carbocycles. The normalized spacial score (nSPS) is 19.9. The summed E-state index contributed by atoms with van der Waals surface area (Å²) in [5, 5.41) is 3.65. The van der Waals surface area contributed by atoms with Crippen LogP contribution in [0.5, 0.6) is 0 Å². The number of rotatable bonds is 6. The Morgan fingerprint density at radius 3 is 2.70 bits per heavy atom. The fourth-order valence-electron chi connectivity index (χ4n) is 2.95. The molecule has 3 rings (SSSR count). The third-order valence-corrected chi connectivity index (χ3v) is 4.30. The molecule has 0 saturated heterocycles. The first-order chi connectivity index (χ1) is 9.79. The summed E-state index contributed by atoms with van der Waals surface area (Å²) < 4.78 is 5.46. The quantitative estimate of drug-likeness (QED) is 0.855. The molecule has 1 aromatic rings. The van der Waals surface area contributed by atoms with Gasteiger partial charge in [0.25, 0.3) is 0 Å². The molecule has 1 heterocycles. The second-order valence-electron chi connectivity index (χ2n) is 5.90. The molecule has 1 aliphatic carbocycles. The van der Waals surface area contributed by atoms with Gasteiger partial charge in [0.2, 0.25) is 0 Å². The predicted molar refractivity (Wildman–Crippen MR) is 83.7 cm³/mol. The number of hydrogen-bond acceptors (Lipinski definition) is 4. The second kappa shape index (κ2) is 6.02. The number of ether oxygens (including phenoxy) is 1. The molecule has 0 radical (unpaired) electrons. The van der Waals surface area contributed by atoms with Crippen LogP contribution in [0.15, 0.2) is 24.3 Å². The summed E-state index contributed by atoms with van der Waals surface area (Å²) in [5.41, 5.74) is 2.66. The van der Waals surface area contributed by atoms with Gasteiger partial charge in [-0.1, -0.05) is 12.1 Å². The monoisotopic (exact) mass is 275 g/mol. The van der Waals surface area contributed by atoms with Gasteiger partial charge in [-0.2, -0.15) is 0 Å². The van der Waals surface area contributed by atoms with Crippen molar-refractivity contribution in [2.24, 2.45) is 0 Å². The van der Waals surface area contributed by atoms with Crippen LogP contribution in [-0.2, 0) is 4.74 Å². The number of fused-ring (bicyclic) bond motifs is 1. The van der Waals surface area contributed by atoms with E-state index in [1.165, 1.54) is 24.2 Å². The van der Waals surface area contributed by atoms with Gasteiger partial charge >= 0.3 is 0 Å². The SMILES string of the molecule is COCC(CNC1CC1)N1CCN(C)c2ccccc21. The van der Waals surface area contributed by atoms with E-state index < -0.39 is 0 Å². The Bertz CT molecular complexity index is 447. The number of nitrogens with zero attached hydrogens (tertiary/aromatic N) is 2. The van der Waals surface area contributed by atoms with E-state index >= 15 is 0 Å². The zero-order valence-corrected chi connectivity index (χ0v) is 12.5. The number of para-hydroxylation sites is 2. The Kier molecular flexibility index (Phi) is 4.13. The van der Waals surface area contributed by atoms with Crippen LogP contribution < -0.4 is 15.1 Å². The van der Waals surface area contributed by atoms with E-state index in [4.69, 9.17) is 4.74 Å². The number of likely N-dealkylation sites (N-methyl/N-ethyl adjacent to an activating group) is 1. The molecular weight excluding hydrogens is 250 g/mol. The number of methoxy groups -OCH3 is 1. The van der Waals surface area contributed by atoms with Gasteiger partial charge in [0.1, 0.15) is 0 Å². The zero-order chi connectivity index (χ0) is 13.9. The van der Waals surface area contributed by atoms with Crippen molar-refractivity contribution in [3.8, 4) is 0 Å². The molecule has 1 atom stereocenters. The smallest absolute Gasteiger partial charge is 0.0678 e. The van der Waals surface area contributed by atoms with Gasteiger partial charge in [-0.05, 0) is 25.0 Å². The van der Waals surface area contributed by atoms with Crippen molar-refractivity contribution in [3.05, 3.63) is 24.3 Å². The lowest BCUT2D eigenvalue weighted by atomic mass is 10.1. The predicted octanol–water partition coefficient (Wildman–Crippen LogP) is 1.71. The van der Waals surface area contributed by atoms with E-state index in [9.17, 15) is 0 Å². The van der Waals surface area contributed by atoms with Crippen molar-refractivity contribution >= 4 is 11.4 Å². The highest BCUT2D eigenvalue weighted by Crippen LogP contribution is 2.33. The van der Waals surface area contributed by atoms with Crippen molar-refractivity contribution < 1.29 is 4.74 Å². The Balaban J connectivity index is 1.77. The van der Waals surface area contributed by atoms with Crippen molar-refractivity contribution in [2.45, 2.75) is 24.9 Å². The standard InChI is InChI=1S/C16H25N3O/c1-18-9-10-19(16-6-4-3-5-15(16)18)14(12-20-2)11-17-13-7-8-13/h3-6,13-14,17H,7-12H2,1-2H3. The highest BCUT2D eigenvalue weighted by Gasteiger charge is 2.28. The number of benzene rings is 1. The molecule has 2 aliphatic rings. The van der Waals surface area contributed by atoms with Crippen LogP contribution in [0.4, 0.5) is 11.4 Å². The lowest BCUT2D eigenvalue weighted by Gasteiger charge is -2.41. The first-order valence-corrected chi connectivity index (χ1v) is 7.58. The van der Waals surface area contributed by atoms with E-state index in [0.717, 1.165) is 32.3 Å². The topological polar surface area (TPSA) is 27.7 Å². The first-order valence-electron chi connectivity index (χ1n) is 7.58. The van der Waals surface area contributed by atoms with Crippen molar-refractivity contribution in [2.75, 3.05) is 50.2 Å². The Labute approximate surface area is 121 Å². The number of hydrogen-bond donors (Lipinski definition) is 1. The summed E-state index contributed by atoms with van der Waals surface area (Å²) in [5.74, 6) is 0. The maximum absolute atomic E-state index is 5.46. The molecule has 1 aromatic carbocycles. The van der Waals surface area contributed by atoms with Crippen molar-refractivity contribution in [1.82, 2.24) is 5.32 Å². The molecule has 0 amide bonds. The Hall–Kier alpha value is -1.26. The summed E-state index contributed by atoms with van der Waals surface area (Å²) in [6.45, 7) is 3.92. The molecule has 0 spiro atoms. The van der Waals surface area contributed by atoms with Gasteiger partial charge in [-0.3, -0.25) is 0 Å². The van der Waals surface area contributed by atoms with Crippen molar-refractivity contribution in [1.29, 1.82) is 0 Å². The minimum atomic E-state index is 0.412. The van der Waals surface area contributed by atoms with Crippen LogP contribution in [-0.4, -0.2) is 52.5 Å². The average Bonchev–Trinajstić information content (AvgIpc) is 3.29. The fraction of sp³-hybridized carbons (Fsp3) is 0.625. The molecule has 110 valence electrons. The minimum absolute atomic E-state index is 0.412. The molecule has 20 heavy (non-hydrogen) atoms. The molecule has 1 N–H and O–H groups in total. The molecular formula is C16H25N3O. The molecule has 0 bridgehead atoms. The third-order valence-electron chi connectivity index (χ3n) is 4.30. The van der Waals surface area contributed by atoms with Crippen LogP contribution in [0.25, 0.3) is 0 Å². The summed E-state index contributed by atoms with van der Waals surface area (Å²) >= 11 is 0. The van der Waals surface area contributed by atoms with Gasteiger partial charge in [-0.25, -0.2) is 0 Å². The Morgan fingerprint density at radius 2 is 2.00 bits per heavy atom. The van der Waals surface area contributed by atoms with Gasteiger partial charge in [-0.15, -0.1) is 0 Å². The number of anilines is 2. The molecule has 4 nitrogen and oxygen atoms in total. The summed E-state index contributed by atoms with van der Waals surface area (Å²) in [6, 6.07) is 9.84. The van der Waals surface area contributed by atoms with Gasteiger partial charge < -0.3 is 19.9 Å². The van der Waals surface area contributed by atoms with Crippen LogP contribution in [0, 0.1) is 0 Å². The van der Waals surface area contributed by atoms with Gasteiger partial charge in [0.15, 0.2) is 0 Å². The second-order valence-corrected chi connectivity index (χ2v) is 5.90. The molecule has 1 aliphatic heterocycles. The van der Waals surface area contributed by atoms with Gasteiger partial charge in [0.05, 0.1) is 24.0 Å². The van der Waals surface area contributed by atoms with Crippen LogP contribution in [0.3, 0.4) is 0 Å². The first kappa shape index (κ1) is 13.7. The van der Waals surface area contributed by atoms with Crippen LogP contribution in [0.2, 0.25) is 0 Å². The van der Waals surface area contributed by atoms with E-state index in [0.29, 0.717) is 6.04 Å². The van der Waals surface area contributed by atoms with E-state index in [-0.39, 0.29) is 0 Å². The van der Waals surface area contributed by atoms with Gasteiger partial charge in [0, 0.05) is 39.8 Å². The zero-order valence-electron chi connectivity index (χ0n) is 12.5. The van der Waals surface area contributed by atoms with E-state index in [2.05, 4.69) is 46.4 Å². The fourth-order valence-corrected chi connectivity index (χ4v) is 2.95. The summed E-state index contributed by atoms with van der Waals surface area (Å²) in [7, 11) is 3.97. The minimum Gasteiger partial charge on any atom is -0.383 e. The molecule has 1 fully saturated rings. The van der Waals surface area contributed by atoms with Crippen LogP contribution >= 0.6 is 0 Å². The maximum atomic E-state index is 5.46. The summed E-state index contributed by atoms with van der Waals surface area (Å²) in [6.07, 6.45) is 2.66. The average molecular weight is 275 g/mol. The lowest BCUT2D eigenvalue weighted by molar-refractivity contribution is 0.174. The van der Waals surface area contributed by atoms with Crippen molar-refractivity contribution in [3.63, 3.8) is 0 Å². The highest BCUT2D eigenvalue weighted by molar-refractivity contribution is 5.73. The largest absolute Gasteiger partial charge is 0.383 e. The molecule has 1 unspecified atom stereocenters. The number of nitrogens with one attached hydrogen (secondary N) is 1. The summed E-state index contributed by atoms with van der Waals surface area (Å²) in [4.78, 5) is 4.85. The lowest BCUT2D eigenvalue weighted by Crippen LogP contribution is -2.51. The molecule has 0 aromatic heterocycles.